The Morgan fingerprint density at radius 1 is 1.11 bits per heavy atom. The van der Waals surface area contributed by atoms with Crippen molar-refractivity contribution in [2.75, 3.05) is 27.9 Å². The lowest BCUT2D eigenvalue weighted by atomic mass is 10.1. The van der Waals surface area contributed by atoms with Gasteiger partial charge in [-0.15, -0.1) is 17.9 Å². The third-order valence-corrected chi connectivity index (χ3v) is 5.28. The predicted octanol–water partition coefficient (Wildman–Crippen LogP) is 4.11. The molecule has 1 saturated carbocycles. The second-order valence-electron chi connectivity index (χ2n) is 6.13. The van der Waals surface area contributed by atoms with Crippen LogP contribution >= 0.6 is 11.3 Å². The Bertz CT molecular complexity index is 878. The van der Waals surface area contributed by atoms with Gasteiger partial charge in [0.05, 0.1) is 33.6 Å². The van der Waals surface area contributed by atoms with Crippen LogP contribution in [0.5, 0.6) is 17.2 Å². The minimum absolute atomic E-state index is 0.556. The summed E-state index contributed by atoms with van der Waals surface area (Å²) in [6.45, 7) is 4.31. The molecule has 1 aliphatic carbocycles. The Morgan fingerprint density at radius 2 is 1.78 bits per heavy atom. The molecule has 0 N–H and O–H groups in total. The van der Waals surface area contributed by atoms with Crippen LogP contribution in [-0.4, -0.2) is 38.3 Å². The number of ether oxygens (including phenoxy) is 3. The van der Waals surface area contributed by atoms with E-state index in [0.29, 0.717) is 23.8 Å². The minimum atomic E-state index is 0.556. The molecule has 0 atom stereocenters. The maximum Gasteiger partial charge on any atom is 0.206 e. The van der Waals surface area contributed by atoms with Gasteiger partial charge in [-0.25, -0.2) is 4.68 Å². The minimum Gasteiger partial charge on any atom is -0.493 e. The van der Waals surface area contributed by atoms with Crippen LogP contribution in [0, 0.1) is 0 Å². The van der Waals surface area contributed by atoms with E-state index >= 15 is 0 Å². The quantitative estimate of drug-likeness (QED) is 0.672. The van der Waals surface area contributed by atoms with Gasteiger partial charge in [-0.2, -0.15) is 5.10 Å². The molecule has 1 aliphatic rings. The van der Waals surface area contributed by atoms with Crippen molar-refractivity contribution < 1.29 is 14.2 Å². The van der Waals surface area contributed by atoms with Crippen LogP contribution in [0.3, 0.4) is 0 Å². The maximum absolute atomic E-state index is 5.50. The molecule has 1 aromatic carbocycles. The van der Waals surface area contributed by atoms with E-state index in [2.05, 4.69) is 17.0 Å². The Labute approximate surface area is 163 Å². The second kappa shape index (κ2) is 8.90. The molecular weight excluding hydrogens is 362 g/mol. The lowest BCUT2D eigenvalue weighted by molar-refractivity contribution is 0.324. The molecule has 0 spiro atoms. The summed E-state index contributed by atoms with van der Waals surface area (Å²) in [5.41, 5.74) is 3.09. The van der Waals surface area contributed by atoms with Crippen molar-refractivity contribution >= 4 is 17.0 Å². The third kappa shape index (κ3) is 4.08. The van der Waals surface area contributed by atoms with Gasteiger partial charge in [0.2, 0.25) is 10.6 Å². The van der Waals surface area contributed by atoms with Gasteiger partial charge in [-0.3, -0.25) is 4.99 Å². The molecule has 0 amide bonds. The molecule has 0 aliphatic heterocycles. The van der Waals surface area contributed by atoms with E-state index in [-0.39, 0.29) is 0 Å². The highest BCUT2D eigenvalue weighted by molar-refractivity contribution is 7.07. The zero-order valence-electron chi connectivity index (χ0n) is 16.0. The molecule has 3 rings (SSSR count). The van der Waals surface area contributed by atoms with Crippen LogP contribution in [0.15, 0.2) is 40.3 Å². The highest BCUT2D eigenvalue weighted by atomic mass is 32.1. The summed E-state index contributed by atoms with van der Waals surface area (Å²) in [5.74, 6) is 1.80. The van der Waals surface area contributed by atoms with Gasteiger partial charge in [0.1, 0.15) is 0 Å². The zero-order valence-corrected chi connectivity index (χ0v) is 16.8. The fraction of sp³-hybridized carbons (Fsp3) is 0.400. The number of rotatable bonds is 7. The van der Waals surface area contributed by atoms with Crippen molar-refractivity contribution in [1.82, 2.24) is 4.68 Å². The van der Waals surface area contributed by atoms with Crippen LogP contribution in [0.1, 0.15) is 25.7 Å². The molecule has 1 fully saturated rings. The van der Waals surface area contributed by atoms with Crippen molar-refractivity contribution in [3.05, 3.63) is 35.0 Å². The van der Waals surface area contributed by atoms with E-state index in [1.54, 1.807) is 38.7 Å². The van der Waals surface area contributed by atoms with Gasteiger partial charge >= 0.3 is 0 Å². The van der Waals surface area contributed by atoms with Gasteiger partial charge in [-0.05, 0) is 37.8 Å². The second-order valence-corrected chi connectivity index (χ2v) is 6.97. The largest absolute Gasteiger partial charge is 0.493 e. The lowest BCUT2D eigenvalue weighted by Gasteiger charge is -2.14. The fourth-order valence-electron chi connectivity index (χ4n) is 3.10. The topological polar surface area (TPSA) is 57.3 Å². The van der Waals surface area contributed by atoms with E-state index in [1.807, 2.05) is 16.8 Å². The van der Waals surface area contributed by atoms with Crippen LogP contribution in [0.25, 0.3) is 11.3 Å². The van der Waals surface area contributed by atoms with Crippen molar-refractivity contribution in [3.8, 4) is 28.5 Å². The van der Waals surface area contributed by atoms with Crippen LogP contribution < -0.4 is 19.0 Å². The predicted molar refractivity (Wildman–Crippen MR) is 109 cm³/mol. The first kappa shape index (κ1) is 19.2. The molecule has 0 unspecified atom stereocenters. The van der Waals surface area contributed by atoms with Gasteiger partial charge in [-0.1, -0.05) is 6.08 Å². The van der Waals surface area contributed by atoms with Gasteiger partial charge in [0.25, 0.3) is 0 Å². The average Bonchev–Trinajstić information content (AvgIpc) is 3.35. The first-order valence-electron chi connectivity index (χ1n) is 8.90. The number of hydrogen-bond acceptors (Lipinski definition) is 6. The average molecular weight is 388 g/mol. The molecule has 144 valence electrons. The monoisotopic (exact) mass is 387 g/mol. The van der Waals surface area contributed by atoms with Crippen LogP contribution in [-0.2, 0) is 0 Å². The molecule has 0 radical (unpaired) electrons. The fourth-order valence-corrected chi connectivity index (χ4v) is 3.94. The molecule has 1 heterocycles. The summed E-state index contributed by atoms with van der Waals surface area (Å²) in [6.07, 6.45) is 6.26. The summed E-state index contributed by atoms with van der Waals surface area (Å²) in [5, 5.41) is 6.96. The zero-order chi connectivity index (χ0) is 19.2. The molecular formula is C20H25N3O3S. The number of hydrogen-bond donors (Lipinski definition) is 0. The molecule has 7 heteroatoms. The summed E-state index contributed by atoms with van der Waals surface area (Å²) in [6, 6.07) is 3.87. The molecule has 6 nitrogen and oxygen atoms in total. The Hall–Kier alpha value is -2.54. The van der Waals surface area contributed by atoms with E-state index in [1.165, 1.54) is 18.6 Å². The number of thiazole rings is 1. The first-order chi connectivity index (χ1) is 13.2. The smallest absolute Gasteiger partial charge is 0.206 e. The standard InChI is InChI=1S/C20H25N3O3S/c1-5-10-21-20-23(22-15-8-6-7-9-15)16(13-27-20)14-11-17(24-2)19(26-4)18(12-14)25-3/h5,11-13H,1,6-10H2,2-4H3. The van der Waals surface area contributed by atoms with E-state index in [4.69, 9.17) is 19.3 Å². The number of aromatic nitrogens is 1. The highest BCUT2D eigenvalue weighted by Crippen LogP contribution is 2.41. The Kier molecular flexibility index (Phi) is 6.34. The molecule has 1 aromatic heterocycles. The number of methoxy groups -OCH3 is 3. The summed E-state index contributed by atoms with van der Waals surface area (Å²) < 4.78 is 18.4. The number of nitrogens with zero attached hydrogens (tertiary/aromatic N) is 3. The van der Waals surface area contributed by atoms with Gasteiger partial charge in [0, 0.05) is 16.7 Å². The van der Waals surface area contributed by atoms with Crippen molar-refractivity contribution in [2.24, 2.45) is 10.1 Å². The number of benzene rings is 1. The van der Waals surface area contributed by atoms with Crippen molar-refractivity contribution in [2.45, 2.75) is 25.7 Å². The lowest BCUT2D eigenvalue weighted by Crippen LogP contribution is -2.14. The van der Waals surface area contributed by atoms with Crippen molar-refractivity contribution in [1.29, 1.82) is 0 Å². The summed E-state index contributed by atoms with van der Waals surface area (Å²) in [4.78, 5) is 5.45. The van der Waals surface area contributed by atoms with Gasteiger partial charge < -0.3 is 14.2 Å². The third-order valence-electron chi connectivity index (χ3n) is 4.42. The van der Waals surface area contributed by atoms with Gasteiger partial charge in [0.15, 0.2) is 11.5 Å². The SMILES string of the molecule is C=CCN=c1scc(-c2cc(OC)c(OC)c(OC)c2)n1N=C1CCCC1. The first-order valence-corrected chi connectivity index (χ1v) is 9.78. The van der Waals surface area contributed by atoms with E-state index in [9.17, 15) is 0 Å². The van der Waals surface area contributed by atoms with E-state index in [0.717, 1.165) is 28.9 Å². The summed E-state index contributed by atoms with van der Waals surface area (Å²) in [7, 11) is 4.84. The van der Waals surface area contributed by atoms with Crippen LogP contribution in [0.4, 0.5) is 0 Å². The summed E-state index contributed by atoms with van der Waals surface area (Å²) >= 11 is 1.56. The van der Waals surface area contributed by atoms with Crippen molar-refractivity contribution in [3.63, 3.8) is 0 Å². The molecule has 0 saturated heterocycles. The molecule has 2 aromatic rings. The Balaban J connectivity index is 2.18. The molecule has 27 heavy (non-hydrogen) atoms. The normalized spacial score (nSPS) is 14.3. The van der Waals surface area contributed by atoms with Crippen LogP contribution in [0.2, 0.25) is 0 Å². The highest BCUT2D eigenvalue weighted by Gasteiger charge is 2.18. The maximum atomic E-state index is 5.50. The Morgan fingerprint density at radius 3 is 2.33 bits per heavy atom. The molecule has 0 bridgehead atoms. The van der Waals surface area contributed by atoms with E-state index < -0.39 is 0 Å².